The second-order valence-electron chi connectivity index (χ2n) is 6.77. The van der Waals surface area contributed by atoms with Gasteiger partial charge in [-0.1, -0.05) is 24.3 Å². The van der Waals surface area contributed by atoms with E-state index in [4.69, 9.17) is 4.42 Å². The quantitative estimate of drug-likeness (QED) is 0.551. The van der Waals surface area contributed by atoms with E-state index in [0.717, 1.165) is 0 Å². The molecule has 0 unspecified atom stereocenters. The SMILES string of the molecule is O=C(c1ccc(-c2ccccc2F)o1)N1CCN(S(=O)(=O)c2ccccc2Br)CC1. The molecule has 9 heteroatoms. The predicted octanol–water partition coefficient (Wildman–Crippen LogP) is 3.99. The number of nitrogens with zero attached hydrogens (tertiary/aromatic N) is 2. The van der Waals surface area contributed by atoms with Crippen molar-refractivity contribution in [3.63, 3.8) is 0 Å². The predicted molar refractivity (Wildman–Crippen MR) is 113 cm³/mol. The molecule has 0 bridgehead atoms. The Hall–Kier alpha value is -2.49. The van der Waals surface area contributed by atoms with Gasteiger partial charge in [0.25, 0.3) is 5.91 Å². The van der Waals surface area contributed by atoms with Crippen LogP contribution in [0.25, 0.3) is 11.3 Å². The van der Waals surface area contributed by atoms with E-state index in [1.54, 1.807) is 48.5 Å². The minimum atomic E-state index is -3.66. The Morgan fingerprint density at radius 2 is 1.60 bits per heavy atom. The summed E-state index contributed by atoms with van der Waals surface area (Å²) in [5.74, 6) is -0.422. The highest BCUT2D eigenvalue weighted by Crippen LogP contribution is 2.27. The van der Waals surface area contributed by atoms with Crippen LogP contribution in [0.4, 0.5) is 4.39 Å². The molecule has 1 amide bonds. The van der Waals surface area contributed by atoms with Gasteiger partial charge in [-0.05, 0) is 52.3 Å². The summed E-state index contributed by atoms with van der Waals surface area (Å²) in [4.78, 5) is 14.5. The lowest BCUT2D eigenvalue weighted by atomic mass is 10.1. The van der Waals surface area contributed by atoms with Crippen molar-refractivity contribution in [2.45, 2.75) is 4.90 Å². The Morgan fingerprint density at radius 1 is 0.933 bits per heavy atom. The topological polar surface area (TPSA) is 70.8 Å². The maximum Gasteiger partial charge on any atom is 0.289 e. The Bertz CT molecular complexity index is 1190. The highest BCUT2D eigenvalue weighted by Gasteiger charge is 2.32. The molecule has 1 aromatic heterocycles. The molecule has 0 atom stereocenters. The number of halogens is 2. The second-order valence-corrected chi connectivity index (χ2v) is 9.53. The molecular formula is C21H18BrFN2O4S. The third-order valence-electron chi connectivity index (χ3n) is 4.94. The number of carbonyl (C=O) groups is 1. The van der Waals surface area contributed by atoms with Gasteiger partial charge in [-0.3, -0.25) is 4.79 Å². The first-order valence-electron chi connectivity index (χ1n) is 9.26. The number of piperazine rings is 1. The number of hydrogen-bond acceptors (Lipinski definition) is 4. The molecule has 1 aliphatic heterocycles. The van der Waals surface area contributed by atoms with Gasteiger partial charge in [0.15, 0.2) is 5.76 Å². The van der Waals surface area contributed by atoms with Crippen molar-refractivity contribution in [3.05, 3.63) is 76.7 Å². The largest absolute Gasteiger partial charge is 0.451 e. The van der Waals surface area contributed by atoms with Crippen molar-refractivity contribution in [2.24, 2.45) is 0 Å². The van der Waals surface area contributed by atoms with E-state index in [1.165, 1.54) is 21.3 Å². The van der Waals surface area contributed by atoms with Gasteiger partial charge in [-0.15, -0.1) is 0 Å². The van der Waals surface area contributed by atoms with Crippen LogP contribution in [-0.4, -0.2) is 49.7 Å². The summed E-state index contributed by atoms with van der Waals surface area (Å²) in [6, 6.07) is 15.9. The van der Waals surface area contributed by atoms with Crippen LogP contribution in [-0.2, 0) is 10.0 Å². The number of benzene rings is 2. The highest BCUT2D eigenvalue weighted by molar-refractivity contribution is 9.10. The molecule has 0 aliphatic carbocycles. The van der Waals surface area contributed by atoms with Crippen LogP contribution in [0, 0.1) is 5.82 Å². The number of amides is 1. The number of furan rings is 1. The van der Waals surface area contributed by atoms with Gasteiger partial charge in [-0.25, -0.2) is 12.8 Å². The van der Waals surface area contributed by atoms with Crippen LogP contribution < -0.4 is 0 Å². The zero-order valence-corrected chi connectivity index (χ0v) is 18.2. The van der Waals surface area contributed by atoms with E-state index in [0.29, 0.717) is 4.47 Å². The van der Waals surface area contributed by atoms with E-state index in [-0.39, 0.29) is 54.1 Å². The molecule has 156 valence electrons. The molecule has 2 aromatic carbocycles. The summed E-state index contributed by atoms with van der Waals surface area (Å²) in [6.45, 7) is 0.822. The van der Waals surface area contributed by atoms with Crippen molar-refractivity contribution in [1.29, 1.82) is 0 Å². The first-order valence-corrected chi connectivity index (χ1v) is 11.5. The van der Waals surface area contributed by atoms with Crippen LogP contribution >= 0.6 is 15.9 Å². The second kappa shape index (κ2) is 8.33. The standard InChI is InChI=1S/C21H18BrFN2O4S/c22-16-6-2-4-8-20(16)30(27,28)25-13-11-24(12-14-25)21(26)19-10-9-18(29-19)15-5-1-3-7-17(15)23/h1-10H,11-14H2. The molecular weight excluding hydrogens is 475 g/mol. The van der Waals surface area contributed by atoms with Crippen LogP contribution in [0.1, 0.15) is 10.6 Å². The van der Waals surface area contributed by atoms with Crippen LogP contribution in [0.15, 0.2) is 74.4 Å². The molecule has 3 aromatic rings. The summed E-state index contributed by atoms with van der Waals surface area (Å²) in [5.41, 5.74) is 0.279. The zero-order chi connectivity index (χ0) is 21.3. The fourth-order valence-corrected chi connectivity index (χ4v) is 5.72. The molecule has 1 aliphatic rings. The summed E-state index contributed by atoms with van der Waals surface area (Å²) in [5, 5.41) is 0. The van der Waals surface area contributed by atoms with Crippen LogP contribution in [0.2, 0.25) is 0 Å². The first kappa shape index (κ1) is 20.8. The fourth-order valence-electron chi connectivity index (χ4n) is 3.34. The minimum absolute atomic E-state index is 0.0929. The highest BCUT2D eigenvalue weighted by atomic mass is 79.9. The van der Waals surface area contributed by atoms with Crippen molar-refractivity contribution >= 4 is 31.9 Å². The van der Waals surface area contributed by atoms with Gasteiger partial charge < -0.3 is 9.32 Å². The molecule has 1 saturated heterocycles. The normalized spacial score (nSPS) is 15.3. The Morgan fingerprint density at radius 3 is 2.30 bits per heavy atom. The van der Waals surface area contributed by atoms with Crippen molar-refractivity contribution < 1.29 is 22.0 Å². The average molecular weight is 493 g/mol. The first-order chi connectivity index (χ1) is 14.4. The van der Waals surface area contributed by atoms with E-state index < -0.39 is 15.8 Å². The van der Waals surface area contributed by atoms with E-state index >= 15 is 0 Å². The molecule has 0 N–H and O–H groups in total. The summed E-state index contributed by atoms with van der Waals surface area (Å²) >= 11 is 3.28. The smallest absolute Gasteiger partial charge is 0.289 e. The van der Waals surface area contributed by atoms with Gasteiger partial charge in [0.2, 0.25) is 10.0 Å². The molecule has 0 saturated carbocycles. The van der Waals surface area contributed by atoms with Gasteiger partial charge in [0.05, 0.1) is 10.5 Å². The number of hydrogen-bond donors (Lipinski definition) is 0. The number of rotatable bonds is 4. The average Bonchev–Trinajstić information content (AvgIpc) is 3.24. The monoisotopic (exact) mass is 492 g/mol. The number of carbonyl (C=O) groups excluding carboxylic acids is 1. The minimum Gasteiger partial charge on any atom is -0.451 e. The van der Waals surface area contributed by atoms with Crippen molar-refractivity contribution in [1.82, 2.24) is 9.21 Å². The maximum atomic E-state index is 13.9. The summed E-state index contributed by atoms with van der Waals surface area (Å²) < 4.78 is 47.2. The van der Waals surface area contributed by atoms with E-state index in [1.807, 2.05) is 0 Å². The van der Waals surface area contributed by atoms with Crippen molar-refractivity contribution in [3.8, 4) is 11.3 Å². The van der Waals surface area contributed by atoms with Gasteiger partial charge in [0, 0.05) is 30.7 Å². The summed E-state index contributed by atoms with van der Waals surface area (Å²) in [6.07, 6.45) is 0. The lowest BCUT2D eigenvalue weighted by molar-refractivity contribution is 0.0667. The fraction of sp³-hybridized carbons (Fsp3) is 0.190. The Kier molecular flexibility index (Phi) is 5.77. The Balaban J connectivity index is 1.45. The van der Waals surface area contributed by atoms with Crippen molar-refractivity contribution in [2.75, 3.05) is 26.2 Å². The molecule has 30 heavy (non-hydrogen) atoms. The lowest BCUT2D eigenvalue weighted by Gasteiger charge is -2.33. The van der Waals surface area contributed by atoms with Gasteiger partial charge in [0.1, 0.15) is 11.6 Å². The Labute approximate surface area is 182 Å². The molecule has 0 spiro atoms. The van der Waals surface area contributed by atoms with Crippen LogP contribution in [0.5, 0.6) is 0 Å². The third-order valence-corrected chi connectivity index (χ3v) is 7.85. The maximum absolute atomic E-state index is 13.9. The number of sulfonamides is 1. The molecule has 0 radical (unpaired) electrons. The molecule has 4 rings (SSSR count). The van der Waals surface area contributed by atoms with E-state index in [2.05, 4.69) is 15.9 Å². The zero-order valence-electron chi connectivity index (χ0n) is 15.8. The third kappa shape index (κ3) is 3.92. The summed E-state index contributed by atoms with van der Waals surface area (Å²) in [7, 11) is -3.66. The van der Waals surface area contributed by atoms with E-state index in [9.17, 15) is 17.6 Å². The molecule has 1 fully saturated rings. The van der Waals surface area contributed by atoms with Crippen LogP contribution in [0.3, 0.4) is 0 Å². The van der Waals surface area contributed by atoms with Gasteiger partial charge in [-0.2, -0.15) is 4.31 Å². The molecule has 6 nitrogen and oxygen atoms in total. The lowest BCUT2D eigenvalue weighted by Crippen LogP contribution is -2.50. The van der Waals surface area contributed by atoms with Gasteiger partial charge >= 0.3 is 0 Å². The molecule has 2 heterocycles.